The van der Waals surface area contributed by atoms with Crippen LogP contribution in [-0.2, 0) is 11.3 Å². The highest BCUT2D eigenvalue weighted by atomic mass is 79.9. The molecule has 0 bridgehead atoms. The Morgan fingerprint density at radius 3 is 2.95 bits per heavy atom. The van der Waals surface area contributed by atoms with E-state index < -0.39 is 0 Å². The van der Waals surface area contributed by atoms with Crippen molar-refractivity contribution in [1.82, 2.24) is 15.1 Å². The average Bonchev–Trinajstić information content (AvgIpc) is 3.18. The summed E-state index contributed by atoms with van der Waals surface area (Å²) < 4.78 is 6.60. The van der Waals surface area contributed by atoms with E-state index >= 15 is 0 Å². The Balaban J connectivity index is 1.51. The molecule has 3 heterocycles. The Labute approximate surface area is 144 Å². The summed E-state index contributed by atoms with van der Waals surface area (Å²) in [4.78, 5) is 10.7. The molecule has 2 fully saturated rings. The minimum Gasteiger partial charge on any atom is -0.379 e. The maximum Gasteiger partial charge on any atom is 0.193 e. The van der Waals surface area contributed by atoms with Gasteiger partial charge in [-0.1, -0.05) is 0 Å². The SMILES string of the molecule is CN=C(NCc1cc(Br)cs1)N1CCC(N2CCOCC2)C1. The van der Waals surface area contributed by atoms with Crippen molar-refractivity contribution in [3.63, 3.8) is 0 Å². The van der Waals surface area contributed by atoms with Crippen molar-refractivity contribution in [1.29, 1.82) is 0 Å². The standard InChI is InChI=1S/C15H23BrN4OS/c1-17-15(18-9-14-8-12(16)11-22-14)20-3-2-13(10-20)19-4-6-21-7-5-19/h8,11,13H,2-7,9-10H2,1H3,(H,17,18). The Kier molecular flexibility index (Phi) is 5.73. The van der Waals surface area contributed by atoms with Crippen LogP contribution in [0.25, 0.3) is 0 Å². The summed E-state index contributed by atoms with van der Waals surface area (Å²) >= 11 is 5.26. The van der Waals surface area contributed by atoms with E-state index in [1.807, 2.05) is 7.05 Å². The molecule has 1 aromatic rings. The number of guanidine groups is 1. The van der Waals surface area contributed by atoms with Gasteiger partial charge in [0.1, 0.15) is 0 Å². The summed E-state index contributed by atoms with van der Waals surface area (Å²) in [6.45, 7) is 6.85. The monoisotopic (exact) mass is 386 g/mol. The van der Waals surface area contributed by atoms with E-state index in [1.54, 1.807) is 11.3 Å². The minimum absolute atomic E-state index is 0.637. The zero-order valence-corrected chi connectivity index (χ0v) is 15.3. The lowest BCUT2D eigenvalue weighted by molar-refractivity contribution is 0.0195. The third kappa shape index (κ3) is 4.01. The van der Waals surface area contributed by atoms with Gasteiger partial charge < -0.3 is 15.0 Å². The van der Waals surface area contributed by atoms with Crippen molar-refractivity contribution in [3.8, 4) is 0 Å². The average molecular weight is 387 g/mol. The van der Waals surface area contributed by atoms with Gasteiger partial charge >= 0.3 is 0 Å². The molecule has 2 aliphatic heterocycles. The largest absolute Gasteiger partial charge is 0.379 e. The number of halogens is 1. The van der Waals surface area contributed by atoms with Gasteiger partial charge in [0.2, 0.25) is 0 Å². The van der Waals surface area contributed by atoms with Crippen LogP contribution in [0.15, 0.2) is 20.9 Å². The molecule has 0 amide bonds. The summed E-state index contributed by atoms with van der Waals surface area (Å²) in [5, 5.41) is 5.60. The van der Waals surface area contributed by atoms with E-state index in [9.17, 15) is 0 Å². The first-order valence-corrected chi connectivity index (χ1v) is 9.44. The Hall–Kier alpha value is -0.630. The van der Waals surface area contributed by atoms with Gasteiger partial charge in [0.05, 0.1) is 19.8 Å². The highest BCUT2D eigenvalue weighted by Crippen LogP contribution is 2.20. The fourth-order valence-corrected chi connectivity index (χ4v) is 4.51. The molecule has 7 heteroatoms. The van der Waals surface area contributed by atoms with E-state index in [0.29, 0.717) is 6.04 Å². The van der Waals surface area contributed by atoms with Gasteiger partial charge in [-0.2, -0.15) is 0 Å². The van der Waals surface area contributed by atoms with Crippen molar-refractivity contribution in [2.75, 3.05) is 46.4 Å². The van der Waals surface area contributed by atoms with Crippen molar-refractivity contribution in [2.24, 2.45) is 4.99 Å². The number of hydrogen-bond acceptors (Lipinski definition) is 4. The fourth-order valence-electron chi connectivity index (χ4n) is 3.12. The van der Waals surface area contributed by atoms with Crippen molar-refractivity contribution >= 4 is 33.2 Å². The molecule has 0 aliphatic carbocycles. The van der Waals surface area contributed by atoms with Crippen LogP contribution in [0.5, 0.6) is 0 Å². The van der Waals surface area contributed by atoms with Crippen molar-refractivity contribution < 1.29 is 4.74 Å². The molecular weight excluding hydrogens is 364 g/mol. The molecule has 2 aliphatic rings. The zero-order valence-electron chi connectivity index (χ0n) is 12.9. The van der Waals surface area contributed by atoms with Crippen molar-refractivity contribution in [3.05, 3.63) is 20.8 Å². The second-order valence-electron chi connectivity index (χ2n) is 5.67. The number of rotatable bonds is 3. The number of nitrogens with zero attached hydrogens (tertiary/aromatic N) is 3. The van der Waals surface area contributed by atoms with Gasteiger partial charge in [-0.3, -0.25) is 9.89 Å². The number of likely N-dealkylation sites (tertiary alicyclic amines) is 1. The first kappa shape index (κ1) is 16.2. The zero-order chi connectivity index (χ0) is 15.4. The maximum absolute atomic E-state index is 5.45. The smallest absolute Gasteiger partial charge is 0.193 e. The number of nitrogens with one attached hydrogen (secondary N) is 1. The molecule has 0 saturated carbocycles. The van der Waals surface area contributed by atoms with Crippen molar-refractivity contribution in [2.45, 2.75) is 19.0 Å². The predicted octanol–water partition coefficient (Wildman–Crippen LogP) is 1.99. The van der Waals surface area contributed by atoms with Gasteiger partial charge in [0.25, 0.3) is 0 Å². The Morgan fingerprint density at radius 1 is 1.45 bits per heavy atom. The lowest BCUT2D eigenvalue weighted by Crippen LogP contribution is -2.46. The molecule has 1 aromatic heterocycles. The molecule has 1 unspecified atom stereocenters. The molecular formula is C15H23BrN4OS. The van der Waals surface area contributed by atoms with Crippen LogP contribution in [0, 0.1) is 0 Å². The molecule has 0 radical (unpaired) electrons. The molecule has 2 saturated heterocycles. The first-order valence-electron chi connectivity index (χ1n) is 7.76. The second kappa shape index (κ2) is 7.77. The van der Waals surface area contributed by atoms with Crippen LogP contribution in [-0.4, -0.2) is 68.2 Å². The van der Waals surface area contributed by atoms with Gasteiger partial charge in [0, 0.05) is 54.0 Å². The molecule has 3 rings (SSSR count). The highest BCUT2D eigenvalue weighted by Gasteiger charge is 2.30. The molecule has 22 heavy (non-hydrogen) atoms. The molecule has 1 N–H and O–H groups in total. The summed E-state index contributed by atoms with van der Waals surface area (Å²) in [6, 6.07) is 2.80. The summed E-state index contributed by atoms with van der Waals surface area (Å²) in [7, 11) is 1.87. The van der Waals surface area contributed by atoms with E-state index in [0.717, 1.165) is 56.4 Å². The Morgan fingerprint density at radius 2 is 2.27 bits per heavy atom. The second-order valence-corrected chi connectivity index (χ2v) is 7.58. The van der Waals surface area contributed by atoms with Crippen LogP contribution in [0.4, 0.5) is 0 Å². The van der Waals surface area contributed by atoms with Crippen LogP contribution in [0.2, 0.25) is 0 Å². The normalized spacial score (nSPS) is 24.0. The van der Waals surface area contributed by atoms with Gasteiger partial charge in [-0.15, -0.1) is 11.3 Å². The first-order chi connectivity index (χ1) is 10.8. The van der Waals surface area contributed by atoms with E-state index in [-0.39, 0.29) is 0 Å². The molecule has 5 nitrogen and oxygen atoms in total. The molecule has 0 spiro atoms. The summed E-state index contributed by atoms with van der Waals surface area (Å²) in [5.41, 5.74) is 0. The van der Waals surface area contributed by atoms with E-state index in [2.05, 4.69) is 47.5 Å². The maximum atomic E-state index is 5.45. The fraction of sp³-hybridized carbons (Fsp3) is 0.667. The lowest BCUT2D eigenvalue weighted by Gasteiger charge is -2.32. The number of hydrogen-bond donors (Lipinski definition) is 1. The molecule has 0 aromatic carbocycles. The quantitative estimate of drug-likeness (QED) is 0.636. The Bertz CT molecular complexity index is 515. The van der Waals surface area contributed by atoms with Crippen LogP contribution < -0.4 is 5.32 Å². The third-order valence-electron chi connectivity index (χ3n) is 4.28. The molecule has 122 valence electrons. The summed E-state index contributed by atoms with van der Waals surface area (Å²) in [5.74, 6) is 1.01. The number of aliphatic imine (C=N–C) groups is 1. The highest BCUT2D eigenvalue weighted by molar-refractivity contribution is 9.10. The summed E-state index contributed by atoms with van der Waals surface area (Å²) in [6.07, 6.45) is 1.21. The van der Waals surface area contributed by atoms with Gasteiger partial charge in [-0.25, -0.2) is 0 Å². The van der Waals surface area contributed by atoms with Gasteiger partial charge in [-0.05, 0) is 28.4 Å². The molecule has 1 atom stereocenters. The third-order valence-corrected chi connectivity index (χ3v) is 5.98. The predicted molar refractivity (Wildman–Crippen MR) is 94.6 cm³/mol. The topological polar surface area (TPSA) is 40.1 Å². The number of ether oxygens (including phenoxy) is 1. The lowest BCUT2D eigenvalue weighted by atomic mass is 10.2. The van der Waals surface area contributed by atoms with E-state index in [1.165, 1.54) is 11.3 Å². The van der Waals surface area contributed by atoms with E-state index in [4.69, 9.17) is 4.74 Å². The number of thiophene rings is 1. The van der Waals surface area contributed by atoms with Crippen LogP contribution in [0.1, 0.15) is 11.3 Å². The van der Waals surface area contributed by atoms with Crippen LogP contribution in [0.3, 0.4) is 0 Å². The van der Waals surface area contributed by atoms with Gasteiger partial charge in [0.15, 0.2) is 5.96 Å². The number of morpholine rings is 1. The van der Waals surface area contributed by atoms with Crippen LogP contribution >= 0.6 is 27.3 Å². The minimum atomic E-state index is 0.637.